The van der Waals surface area contributed by atoms with Crippen molar-refractivity contribution in [3.8, 4) is 0 Å². The van der Waals surface area contributed by atoms with E-state index in [4.69, 9.17) is 10.2 Å². The molecule has 0 aliphatic heterocycles. The average molecular weight is 345 g/mol. The molecule has 2 rings (SSSR count). The van der Waals surface area contributed by atoms with Crippen LogP contribution in [0.1, 0.15) is 11.3 Å². The van der Waals surface area contributed by atoms with Crippen molar-refractivity contribution >= 4 is 31.6 Å². The quantitative estimate of drug-likeness (QED) is 0.892. The molecule has 3 N–H and O–H groups in total. The first-order chi connectivity index (χ1) is 8.94. The molecule has 7 heteroatoms. The molecule has 0 aliphatic rings. The fourth-order valence-corrected chi connectivity index (χ4v) is 3.05. The molecule has 5 nitrogen and oxygen atoms in total. The predicted octanol–water partition coefficient (Wildman–Crippen LogP) is 2.61. The van der Waals surface area contributed by atoms with Gasteiger partial charge < -0.3 is 10.2 Å². The number of hydrogen-bond donors (Lipinski definition) is 2. The third-order valence-corrected chi connectivity index (χ3v) is 4.83. The molecule has 0 atom stereocenters. The zero-order valence-corrected chi connectivity index (χ0v) is 12.6. The van der Waals surface area contributed by atoms with Crippen molar-refractivity contribution in [2.45, 2.75) is 18.6 Å². The topological polar surface area (TPSA) is 85.3 Å². The minimum Gasteiger partial charge on any atom is -0.446 e. The number of aryl methyl sites for hydroxylation is 1. The number of halogens is 1. The molecular formula is C12H13BrN2O3S. The Bertz CT molecular complexity index is 695. The molecular weight excluding hydrogens is 332 g/mol. The van der Waals surface area contributed by atoms with Gasteiger partial charge in [0.1, 0.15) is 5.76 Å². The van der Waals surface area contributed by atoms with Crippen molar-refractivity contribution in [3.05, 3.63) is 46.1 Å². The lowest BCUT2D eigenvalue weighted by Gasteiger charge is -2.09. The summed E-state index contributed by atoms with van der Waals surface area (Å²) >= 11 is 3.35. The fraction of sp³-hybridized carbons (Fsp3) is 0.167. The highest BCUT2D eigenvalue weighted by Crippen LogP contribution is 2.28. The summed E-state index contributed by atoms with van der Waals surface area (Å²) in [7, 11) is -3.74. The lowest BCUT2D eigenvalue weighted by molar-refractivity contribution is 0.417. The van der Waals surface area contributed by atoms with E-state index in [1.807, 2.05) is 13.0 Å². The molecule has 0 spiro atoms. The van der Waals surface area contributed by atoms with Gasteiger partial charge in [-0.1, -0.05) is 12.1 Å². The summed E-state index contributed by atoms with van der Waals surface area (Å²) in [5, 5.41) is -0.152. The van der Waals surface area contributed by atoms with Gasteiger partial charge in [-0.05, 0) is 46.6 Å². The normalized spacial score (nSPS) is 11.5. The molecule has 0 saturated heterocycles. The summed E-state index contributed by atoms with van der Waals surface area (Å²) < 4.78 is 32.6. The van der Waals surface area contributed by atoms with Crippen molar-refractivity contribution < 1.29 is 12.8 Å². The van der Waals surface area contributed by atoms with E-state index in [1.54, 1.807) is 18.2 Å². The van der Waals surface area contributed by atoms with Gasteiger partial charge in [0.15, 0.2) is 0 Å². The van der Waals surface area contributed by atoms with E-state index in [0.29, 0.717) is 15.9 Å². The van der Waals surface area contributed by atoms with Crippen LogP contribution < -0.4 is 10.5 Å². The van der Waals surface area contributed by atoms with Gasteiger partial charge in [0.05, 0.1) is 12.2 Å². The summed E-state index contributed by atoms with van der Waals surface area (Å²) in [6.45, 7) is 2.03. The van der Waals surface area contributed by atoms with Crippen LogP contribution in [-0.2, 0) is 16.6 Å². The maximum absolute atomic E-state index is 12.1. The maximum atomic E-state index is 12.1. The van der Waals surface area contributed by atoms with Crippen LogP contribution in [0.25, 0.3) is 0 Å². The highest BCUT2D eigenvalue weighted by molar-refractivity contribution is 9.10. The van der Waals surface area contributed by atoms with Gasteiger partial charge in [0.25, 0.3) is 10.0 Å². The van der Waals surface area contributed by atoms with Crippen LogP contribution in [0, 0.1) is 6.92 Å². The summed E-state index contributed by atoms with van der Waals surface area (Å²) in [5.41, 5.74) is 6.78. The minimum absolute atomic E-state index is 0.152. The Hall–Kier alpha value is -1.31. The second kappa shape index (κ2) is 5.36. The van der Waals surface area contributed by atoms with Gasteiger partial charge in [-0.25, -0.2) is 0 Å². The van der Waals surface area contributed by atoms with Gasteiger partial charge in [0, 0.05) is 4.47 Å². The number of anilines is 1. The van der Waals surface area contributed by atoms with E-state index in [2.05, 4.69) is 20.7 Å². The van der Waals surface area contributed by atoms with Crippen LogP contribution in [0.2, 0.25) is 0 Å². The van der Waals surface area contributed by atoms with Crippen LogP contribution >= 0.6 is 15.9 Å². The molecule has 0 aliphatic carbocycles. The van der Waals surface area contributed by atoms with Crippen molar-refractivity contribution in [1.29, 1.82) is 0 Å². The summed E-state index contributed by atoms with van der Waals surface area (Å²) in [6.07, 6.45) is 0. The van der Waals surface area contributed by atoms with Gasteiger partial charge in [-0.2, -0.15) is 8.42 Å². The maximum Gasteiger partial charge on any atom is 0.295 e. The standard InChI is InChI=1S/C12H13BrN2O3S/c1-8-3-2-4-10(12(8)13)15-19(16,17)11-6-5-9(7-14)18-11/h2-6,15H,7,14H2,1H3. The fourth-order valence-electron chi connectivity index (χ4n) is 1.53. The van der Waals surface area contributed by atoms with E-state index >= 15 is 0 Å². The van der Waals surface area contributed by atoms with Gasteiger partial charge in [-0.15, -0.1) is 0 Å². The first-order valence-corrected chi connectivity index (χ1v) is 7.78. The number of sulfonamides is 1. The molecule has 0 fully saturated rings. The number of nitrogens with two attached hydrogens (primary N) is 1. The molecule has 0 amide bonds. The lowest BCUT2D eigenvalue weighted by Crippen LogP contribution is -2.12. The second-order valence-electron chi connectivity index (χ2n) is 3.97. The largest absolute Gasteiger partial charge is 0.446 e. The SMILES string of the molecule is Cc1cccc(NS(=O)(=O)c2ccc(CN)o2)c1Br. The zero-order valence-electron chi connectivity index (χ0n) is 10.2. The van der Waals surface area contributed by atoms with Crippen molar-refractivity contribution in [2.24, 2.45) is 5.73 Å². The smallest absolute Gasteiger partial charge is 0.295 e. The van der Waals surface area contributed by atoms with Crippen molar-refractivity contribution in [3.63, 3.8) is 0 Å². The molecule has 0 unspecified atom stereocenters. The first-order valence-electron chi connectivity index (χ1n) is 5.51. The predicted molar refractivity (Wildman–Crippen MR) is 76.3 cm³/mol. The highest BCUT2D eigenvalue weighted by atomic mass is 79.9. The summed E-state index contributed by atoms with van der Waals surface area (Å²) in [5.74, 6) is 0.420. The molecule has 1 aromatic carbocycles. The molecule has 1 aromatic heterocycles. The molecule has 102 valence electrons. The zero-order chi connectivity index (χ0) is 14.0. The Balaban J connectivity index is 2.33. The number of rotatable bonds is 4. The Labute approximate surface area is 120 Å². The van der Waals surface area contributed by atoms with Gasteiger partial charge >= 0.3 is 0 Å². The monoisotopic (exact) mass is 344 g/mol. The highest BCUT2D eigenvalue weighted by Gasteiger charge is 2.20. The summed E-state index contributed by atoms with van der Waals surface area (Å²) in [6, 6.07) is 8.24. The van der Waals surface area contributed by atoms with E-state index < -0.39 is 10.0 Å². The van der Waals surface area contributed by atoms with Gasteiger partial charge in [-0.3, -0.25) is 4.72 Å². The van der Waals surface area contributed by atoms with Gasteiger partial charge in [0.2, 0.25) is 5.09 Å². The second-order valence-corrected chi connectivity index (χ2v) is 6.37. The number of benzene rings is 1. The first kappa shape index (κ1) is 14.1. The summed E-state index contributed by atoms with van der Waals surface area (Å²) in [4.78, 5) is 0. The van der Waals surface area contributed by atoms with Crippen LogP contribution in [0.5, 0.6) is 0 Å². The van der Waals surface area contributed by atoms with E-state index in [0.717, 1.165) is 5.56 Å². The average Bonchev–Trinajstić information content (AvgIpc) is 2.84. The lowest BCUT2D eigenvalue weighted by atomic mass is 10.2. The third kappa shape index (κ3) is 2.99. The molecule has 1 heterocycles. The van der Waals surface area contributed by atoms with E-state index in [9.17, 15) is 8.42 Å². The number of hydrogen-bond acceptors (Lipinski definition) is 4. The van der Waals surface area contributed by atoms with Crippen molar-refractivity contribution in [2.75, 3.05) is 4.72 Å². The van der Waals surface area contributed by atoms with Crippen LogP contribution in [-0.4, -0.2) is 8.42 Å². The molecule has 0 radical (unpaired) electrons. The molecule has 0 bridgehead atoms. The molecule has 2 aromatic rings. The number of nitrogens with one attached hydrogen (secondary N) is 1. The Morgan fingerprint density at radius 2 is 2.05 bits per heavy atom. The minimum atomic E-state index is -3.74. The Kier molecular flexibility index (Phi) is 3.98. The van der Waals surface area contributed by atoms with Crippen molar-refractivity contribution in [1.82, 2.24) is 0 Å². The van der Waals surface area contributed by atoms with Crippen LogP contribution in [0.4, 0.5) is 5.69 Å². The van der Waals surface area contributed by atoms with Crippen LogP contribution in [0.3, 0.4) is 0 Å². The van der Waals surface area contributed by atoms with E-state index in [1.165, 1.54) is 6.07 Å². The van der Waals surface area contributed by atoms with E-state index in [-0.39, 0.29) is 11.6 Å². The molecule has 19 heavy (non-hydrogen) atoms. The third-order valence-electron chi connectivity index (χ3n) is 2.54. The number of furan rings is 1. The Morgan fingerprint density at radius 3 is 2.68 bits per heavy atom. The molecule has 0 saturated carbocycles. The Morgan fingerprint density at radius 1 is 1.32 bits per heavy atom. The van der Waals surface area contributed by atoms with Crippen LogP contribution in [0.15, 0.2) is 44.3 Å².